The fraction of sp³-hybridized carbons (Fsp3) is 0.636. The van der Waals surface area contributed by atoms with Gasteiger partial charge >= 0.3 is 12.1 Å². The number of nitrogens with one attached hydrogen (secondary N) is 2. The molecule has 0 saturated carbocycles. The maximum Gasteiger partial charge on any atom is 0.330 e. The second-order valence-corrected chi connectivity index (χ2v) is 4.30. The summed E-state index contributed by atoms with van der Waals surface area (Å²) in [6.07, 6.45) is 0.613. The second-order valence-electron chi connectivity index (χ2n) is 4.30. The van der Waals surface area contributed by atoms with Gasteiger partial charge in [0.1, 0.15) is 5.41 Å². The van der Waals surface area contributed by atoms with Gasteiger partial charge in [-0.3, -0.25) is 19.8 Å². The lowest BCUT2D eigenvalue weighted by Crippen LogP contribution is -2.64. The van der Waals surface area contributed by atoms with Gasteiger partial charge in [0.05, 0.1) is 0 Å². The number of imide groups is 2. The molecule has 0 spiro atoms. The minimum Gasteiger partial charge on any atom is -0.352 e. The molecule has 1 fully saturated rings. The van der Waals surface area contributed by atoms with E-state index in [1.54, 1.807) is 13.8 Å². The first kappa shape index (κ1) is 14.9. The van der Waals surface area contributed by atoms with E-state index < -0.39 is 29.3 Å². The predicted molar refractivity (Wildman–Crippen MR) is 65.9 cm³/mol. The fourth-order valence-electron chi connectivity index (χ4n) is 2.10. The number of urea groups is 2. The standard InChI is InChI=1S/C11H18N4O4/c1-3-11(4-2)7(16)14-10(19)15(8(11)17)6-5-13-9(12)18/h3-6H2,1-2H3,(H3,12,13,18)(H,14,16,19). The molecular weight excluding hydrogens is 252 g/mol. The minimum absolute atomic E-state index is 0.0252. The molecule has 1 aliphatic heterocycles. The van der Waals surface area contributed by atoms with E-state index in [-0.39, 0.29) is 13.1 Å². The Morgan fingerprint density at radius 1 is 1.32 bits per heavy atom. The normalized spacial score (nSPS) is 18.2. The van der Waals surface area contributed by atoms with Gasteiger partial charge in [-0.2, -0.15) is 0 Å². The number of nitrogens with zero attached hydrogens (tertiary/aromatic N) is 1. The van der Waals surface area contributed by atoms with Gasteiger partial charge in [0, 0.05) is 13.1 Å². The molecule has 1 saturated heterocycles. The van der Waals surface area contributed by atoms with E-state index in [9.17, 15) is 19.2 Å². The Morgan fingerprint density at radius 3 is 2.37 bits per heavy atom. The molecule has 0 aromatic rings. The lowest BCUT2D eigenvalue weighted by Gasteiger charge is -2.38. The second kappa shape index (κ2) is 5.68. The number of carbonyl (C=O) groups excluding carboxylic acids is 4. The van der Waals surface area contributed by atoms with Crippen molar-refractivity contribution in [3.05, 3.63) is 0 Å². The van der Waals surface area contributed by atoms with Crippen LogP contribution in [0.3, 0.4) is 0 Å². The molecule has 1 heterocycles. The zero-order valence-electron chi connectivity index (χ0n) is 11.0. The highest BCUT2D eigenvalue weighted by Crippen LogP contribution is 2.32. The van der Waals surface area contributed by atoms with E-state index in [0.29, 0.717) is 12.8 Å². The van der Waals surface area contributed by atoms with Gasteiger partial charge in [-0.25, -0.2) is 9.59 Å². The van der Waals surface area contributed by atoms with E-state index in [0.717, 1.165) is 4.90 Å². The van der Waals surface area contributed by atoms with Crippen LogP contribution in [0.1, 0.15) is 26.7 Å². The lowest BCUT2D eigenvalue weighted by atomic mass is 9.78. The molecule has 8 nitrogen and oxygen atoms in total. The average Bonchev–Trinajstić information content (AvgIpc) is 2.34. The number of barbiturate groups is 1. The van der Waals surface area contributed by atoms with E-state index in [1.807, 2.05) is 0 Å². The molecule has 1 rings (SSSR count). The highest BCUT2D eigenvalue weighted by Gasteiger charge is 2.51. The third-order valence-electron chi connectivity index (χ3n) is 3.40. The largest absolute Gasteiger partial charge is 0.352 e. The van der Waals surface area contributed by atoms with Crippen LogP contribution >= 0.6 is 0 Å². The summed E-state index contributed by atoms with van der Waals surface area (Å²) in [5.74, 6) is -1.09. The Balaban J connectivity index is 2.86. The number of amides is 6. The summed E-state index contributed by atoms with van der Waals surface area (Å²) in [6.45, 7) is 3.46. The van der Waals surface area contributed by atoms with E-state index in [1.165, 1.54) is 0 Å². The molecule has 6 amide bonds. The summed E-state index contributed by atoms with van der Waals surface area (Å²) >= 11 is 0. The van der Waals surface area contributed by atoms with E-state index >= 15 is 0 Å². The van der Waals surface area contributed by atoms with Gasteiger partial charge in [0.2, 0.25) is 11.8 Å². The van der Waals surface area contributed by atoms with Gasteiger partial charge in [-0.05, 0) is 12.8 Å². The highest BCUT2D eigenvalue weighted by atomic mass is 16.2. The van der Waals surface area contributed by atoms with Crippen molar-refractivity contribution >= 4 is 23.9 Å². The average molecular weight is 270 g/mol. The third-order valence-corrected chi connectivity index (χ3v) is 3.40. The molecule has 0 aliphatic carbocycles. The first-order chi connectivity index (χ1) is 8.89. The SMILES string of the molecule is CCC1(CC)C(=O)NC(=O)N(CCNC(N)=O)C1=O. The molecule has 8 heteroatoms. The van der Waals surface area contributed by atoms with Crippen molar-refractivity contribution in [3.8, 4) is 0 Å². The molecule has 0 unspecified atom stereocenters. The molecular formula is C11H18N4O4. The molecule has 4 N–H and O–H groups in total. The van der Waals surface area contributed by atoms with Crippen LogP contribution in [0.15, 0.2) is 0 Å². The van der Waals surface area contributed by atoms with Gasteiger partial charge in [0.15, 0.2) is 0 Å². The van der Waals surface area contributed by atoms with Crippen LogP contribution in [-0.2, 0) is 9.59 Å². The van der Waals surface area contributed by atoms with Crippen LogP contribution in [0.2, 0.25) is 0 Å². The zero-order chi connectivity index (χ0) is 14.6. The van der Waals surface area contributed by atoms with Crippen LogP contribution in [0.25, 0.3) is 0 Å². The topological polar surface area (TPSA) is 122 Å². The number of carbonyl (C=O) groups is 4. The molecule has 19 heavy (non-hydrogen) atoms. The van der Waals surface area contributed by atoms with Gasteiger partial charge in [-0.15, -0.1) is 0 Å². The quantitative estimate of drug-likeness (QED) is 0.585. The van der Waals surface area contributed by atoms with Crippen LogP contribution in [0.4, 0.5) is 9.59 Å². The Bertz CT molecular complexity index is 417. The van der Waals surface area contributed by atoms with Crippen molar-refractivity contribution in [2.45, 2.75) is 26.7 Å². The van der Waals surface area contributed by atoms with Crippen molar-refractivity contribution < 1.29 is 19.2 Å². The Morgan fingerprint density at radius 2 is 1.89 bits per heavy atom. The van der Waals surface area contributed by atoms with Gasteiger partial charge < -0.3 is 11.1 Å². The van der Waals surface area contributed by atoms with Crippen LogP contribution in [0, 0.1) is 5.41 Å². The Kier molecular flexibility index (Phi) is 4.47. The van der Waals surface area contributed by atoms with E-state index in [4.69, 9.17) is 5.73 Å². The first-order valence-electron chi connectivity index (χ1n) is 6.09. The van der Waals surface area contributed by atoms with Crippen molar-refractivity contribution in [2.24, 2.45) is 11.1 Å². The molecule has 0 radical (unpaired) electrons. The zero-order valence-corrected chi connectivity index (χ0v) is 11.0. The predicted octanol–water partition coefficient (Wildman–Crippen LogP) is -0.460. The molecule has 0 aromatic carbocycles. The molecule has 0 aromatic heterocycles. The summed E-state index contributed by atoms with van der Waals surface area (Å²) in [5.41, 5.74) is 3.69. The van der Waals surface area contributed by atoms with Crippen molar-refractivity contribution in [3.63, 3.8) is 0 Å². The number of hydrogen-bond donors (Lipinski definition) is 3. The summed E-state index contributed by atoms with van der Waals surface area (Å²) in [5, 5.41) is 4.46. The molecule has 0 atom stereocenters. The first-order valence-corrected chi connectivity index (χ1v) is 6.09. The number of rotatable bonds is 5. The van der Waals surface area contributed by atoms with Crippen molar-refractivity contribution in [2.75, 3.05) is 13.1 Å². The van der Waals surface area contributed by atoms with Crippen LogP contribution in [-0.4, -0.2) is 41.9 Å². The summed E-state index contributed by atoms with van der Waals surface area (Å²) in [6, 6.07) is -1.50. The van der Waals surface area contributed by atoms with Gasteiger partial charge in [-0.1, -0.05) is 13.8 Å². The smallest absolute Gasteiger partial charge is 0.330 e. The number of nitrogens with two attached hydrogens (primary N) is 1. The molecule has 0 bridgehead atoms. The molecule has 1 aliphatic rings. The molecule has 106 valence electrons. The minimum atomic E-state index is -1.21. The van der Waals surface area contributed by atoms with E-state index in [2.05, 4.69) is 10.6 Å². The maximum absolute atomic E-state index is 12.3. The summed E-state index contributed by atoms with van der Waals surface area (Å²) in [7, 11) is 0. The highest BCUT2D eigenvalue weighted by molar-refractivity contribution is 6.19. The summed E-state index contributed by atoms with van der Waals surface area (Å²) in [4.78, 5) is 47.3. The van der Waals surface area contributed by atoms with Gasteiger partial charge in [0.25, 0.3) is 0 Å². The van der Waals surface area contributed by atoms with Crippen LogP contribution in [0.5, 0.6) is 0 Å². The maximum atomic E-state index is 12.3. The fourth-order valence-corrected chi connectivity index (χ4v) is 2.10. The summed E-state index contributed by atoms with van der Waals surface area (Å²) < 4.78 is 0. The monoisotopic (exact) mass is 270 g/mol. The van der Waals surface area contributed by atoms with Crippen molar-refractivity contribution in [1.29, 1.82) is 0 Å². The van der Waals surface area contributed by atoms with Crippen molar-refractivity contribution in [1.82, 2.24) is 15.5 Å². The van der Waals surface area contributed by atoms with Crippen LogP contribution < -0.4 is 16.4 Å². The Hall–Kier alpha value is -2.12. The third kappa shape index (κ3) is 2.67. The lowest BCUT2D eigenvalue weighted by molar-refractivity contribution is -0.152. The number of hydrogen-bond acceptors (Lipinski definition) is 4. The Labute approximate surface area is 110 Å². The number of primary amides is 1.